The zero-order chi connectivity index (χ0) is 9.36. The molecular formula is C12H17N. The molecule has 0 aromatic carbocycles. The molecule has 0 aliphatic heterocycles. The molecule has 0 fully saturated rings. The van der Waals surface area contributed by atoms with Crippen molar-refractivity contribution in [2.45, 2.75) is 25.7 Å². The first-order valence-corrected chi connectivity index (χ1v) is 4.82. The monoisotopic (exact) mass is 175 g/mol. The molecule has 0 bridgehead atoms. The quantitative estimate of drug-likeness (QED) is 0.653. The van der Waals surface area contributed by atoms with Gasteiger partial charge in [-0.25, -0.2) is 0 Å². The fraction of sp³-hybridized carbons (Fsp3) is 0.333. The van der Waals surface area contributed by atoms with Gasteiger partial charge >= 0.3 is 0 Å². The van der Waals surface area contributed by atoms with Gasteiger partial charge in [0, 0.05) is 0 Å². The third kappa shape index (κ3) is 4.36. The molecular weight excluding hydrogens is 158 g/mol. The van der Waals surface area contributed by atoms with Gasteiger partial charge in [0.15, 0.2) is 0 Å². The lowest BCUT2D eigenvalue weighted by Gasteiger charge is -1.97. The molecule has 1 aliphatic carbocycles. The Hall–Kier alpha value is -1.24. The van der Waals surface area contributed by atoms with Gasteiger partial charge in [-0.2, -0.15) is 0 Å². The number of hydrogen-bond acceptors (Lipinski definition) is 1. The molecule has 0 amide bonds. The van der Waals surface area contributed by atoms with Crippen LogP contribution in [-0.2, 0) is 0 Å². The molecule has 1 aliphatic rings. The molecule has 0 saturated carbocycles. The molecule has 0 radical (unpaired) electrons. The van der Waals surface area contributed by atoms with Crippen LogP contribution < -0.4 is 5.73 Å². The second-order valence-electron chi connectivity index (χ2n) is 3.13. The van der Waals surface area contributed by atoms with Crippen LogP contribution in [0.25, 0.3) is 0 Å². The van der Waals surface area contributed by atoms with Crippen molar-refractivity contribution in [3.05, 3.63) is 48.2 Å². The number of hydrogen-bond donors (Lipinski definition) is 1. The molecule has 0 atom stereocenters. The van der Waals surface area contributed by atoms with Crippen molar-refractivity contribution in [3.8, 4) is 0 Å². The average Bonchev–Trinajstić information content (AvgIpc) is 2.41. The summed E-state index contributed by atoms with van der Waals surface area (Å²) in [7, 11) is 0. The minimum atomic E-state index is 1.06. The largest absolute Gasteiger partial charge is 0.405 e. The van der Waals surface area contributed by atoms with E-state index in [1.807, 2.05) is 6.08 Å². The summed E-state index contributed by atoms with van der Waals surface area (Å²) in [5.41, 5.74) is 6.67. The fourth-order valence-electron chi connectivity index (χ4n) is 1.31. The molecule has 1 rings (SSSR count). The number of nitrogens with two attached hydrogens (primary N) is 1. The first-order chi connectivity index (χ1) is 6.43. The molecule has 1 heteroatoms. The van der Waals surface area contributed by atoms with E-state index in [1.165, 1.54) is 12.0 Å². The second kappa shape index (κ2) is 6.30. The standard InChI is InChI=1S/C12H17N/c13-11-7-3-6-10-12-8-4-1-2-5-9-12/h1,4-5,7-9,11H,2-3,6,10,13H2/b11-7+. The third-order valence-electron chi connectivity index (χ3n) is 2.02. The third-order valence-corrected chi connectivity index (χ3v) is 2.02. The van der Waals surface area contributed by atoms with Gasteiger partial charge in [-0.05, 0) is 37.5 Å². The molecule has 0 aromatic heterocycles. The van der Waals surface area contributed by atoms with Gasteiger partial charge < -0.3 is 5.73 Å². The van der Waals surface area contributed by atoms with Crippen molar-refractivity contribution in [2.24, 2.45) is 5.73 Å². The van der Waals surface area contributed by atoms with Crippen LogP contribution in [-0.4, -0.2) is 0 Å². The first kappa shape index (κ1) is 9.85. The Morgan fingerprint density at radius 1 is 1.38 bits per heavy atom. The van der Waals surface area contributed by atoms with Gasteiger partial charge in [0.25, 0.3) is 0 Å². The number of unbranched alkanes of at least 4 members (excludes halogenated alkanes) is 1. The maximum absolute atomic E-state index is 5.25. The van der Waals surface area contributed by atoms with Crippen molar-refractivity contribution in [2.75, 3.05) is 0 Å². The fourth-order valence-corrected chi connectivity index (χ4v) is 1.31. The zero-order valence-corrected chi connectivity index (χ0v) is 7.95. The van der Waals surface area contributed by atoms with Crippen LogP contribution in [0, 0.1) is 0 Å². The predicted octanol–water partition coefficient (Wildman–Crippen LogP) is 3.07. The van der Waals surface area contributed by atoms with Crippen LogP contribution in [0.15, 0.2) is 48.2 Å². The van der Waals surface area contributed by atoms with Gasteiger partial charge in [0.1, 0.15) is 0 Å². The van der Waals surface area contributed by atoms with Gasteiger partial charge in [-0.3, -0.25) is 0 Å². The van der Waals surface area contributed by atoms with E-state index in [2.05, 4.69) is 30.4 Å². The van der Waals surface area contributed by atoms with Crippen molar-refractivity contribution >= 4 is 0 Å². The van der Waals surface area contributed by atoms with Crippen molar-refractivity contribution < 1.29 is 0 Å². The van der Waals surface area contributed by atoms with Crippen LogP contribution in [0.1, 0.15) is 25.7 Å². The topological polar surface area (TPSA) is 26.0 Å². The Balaban J connectivity index is 2.27. The Kier molecular flexibility index (Phi) is 4.77. The Morgan fingerprint density at radius 2 is 2.31 bits per heavy atom. The molecule has 70 valence electrons. The Bertz CT molecular complexity index is 244. The van der Waals surface area contributed by atoms with E-state index >= 15 is 0 Å². The summed E-state index contributed by atoms with van der Waals surface area (Å²) in [6.07, 6.45) is 19.0. The molecule has 1 nitrogen and oxygen atoms in total. The smallest absolute Gasteiger partial charge is 0.0103 e. The van der Waals surface area contributed by atoms with Crippen LogP contribution in [0.4, 0.5) is 0 Å². The highest BCUT2D eigenvalue weighted by Crippen LogP contribution is 2.12. The van der Waals surface area contributed by atoms with Crippen LogP contribution in [0.3, 0.4) is 0 Å². The lowest BCUT2D eigenvalue weighted by Crippen LogP contribution is -1.80. The van der Waals surface area contributed by atoms with Gasteiger partial charge in [0.05, 0.1) is 0 Å². The minimum Gasteiger partial charge on any atom is -0.405 e. The molecule has 2 N–H and O–H groups in total. The van der Waals surface area contributed by atoms with E-state index in [4.69, 9.17) is 5.73 Å². The normalized spacial score (nSPS) is 16.2. The van der Waals surface area contributed by atoms with Gasteiger partial charge in [-0.1, -0.05) is 36.5 Å². The maximum Gasteiger partial charge on any atom is -0.0103 e. The van der Waals surface area contributed by atoms with E-state index in [0.717, 1.165) is 19.3 Å². The average molecular weight is 175 g/mol. The van der Waals surface area contributed by atoms with E-state index in [1.54, 1.807) is 6.20 Å². The molecule has 0 aromatic rings. The first-order valence-electron chi connectivity index (χ1n) is 4.82. The number of rotatable bonds is 4. The SMILES string of the molecule is N/C=C/CCCC1=CC=CCC=C1. The Morgan fingerprint density at radius 3 is 3.15 bits per heavy atom. The van der Waals surface area contributed by atoms with E-state index in [0.29, 0.717) is 0 Å². The van der Waals surface area contributed by atoms with Gasteiger partial charge in [0.2, 0.25) is 0 Å². The summed E-state index contributed by atoms with van der Waals surface area (Å²) in [6, 6.07) is 0. The highest BCUT2D eigenvalue weighted by atomic mass is 14.5. The van der Waals surface area contributed by atoms with Crippen LogP contribution >= 0.6 is 0 Å². The lowest BCUT2D eigenvalue weighted by atomic mass is 10.1. The van der Waals surface area contributed by atoms with E-state index in [9.17, 15) is 0 Å². The van der Waals surface area contributed by atoms with E-state index in [-0.39, 0.29) is 0 Å². The lowest BCUT2D eigenvalue weighted by molar-refractivity contribution is 0.845. The molecule has 0 unspecified atom stereocenters. The summed E-state index contributed by atoms with van der Waals surface area (Å²) in [4.78, 5) is 0. The molecule has 0 saturated heterocycles. The summed E-state index contributed by atoms with van der Waals surface area (Å²) >= 11 is 0. The summed E-state index contributed by atoms with van der Waals surface area (Å²) in [5.74, 6) is 0. The summed E-state index contributed by atoms with van der Waals surface area (Å²) < 4.78 is 0. The second-order valence-corrected chi connectivity index (χ2v) is 3.13. The molecule has 0 heterocycles. The predicted molar refractivity (Wildman–Crippen MR) is 58.2 cm³/mol. The van der Waals surface area contributed by atoms with Crippen LogP contribution in [0.5, 0.6) is 0 Å². The summed E-state index contributed by atoms with van der Waals surface area (Å²) in [6.45, 7) is 0. The maximum atomic E-state index is 5.25. The number of allylic oxidation sites excluding steroid dienone is 7. The van der Waals surface area contributed by atoms with Crippen LogP contribution in [0.2, 0.25) is 0 Å². The van der Waals surface area contributed by atoms with Crippen molar-refractivity contribution in [1.29, 1.82) is 0 Å². The highest BCUT2D eigenvalue weighted by molar-refractivity contribution is 5.27. The molecule has 13 heavy (non-hydrogen) atoms. The van der Waals surface area contributed by atoms with Crippen molar-refractivity contribution in [1.82, 2.24) is 0 Å². The highest BCUT2D eigenvalue weighted by Gasteiger charge is 1.92. The summed E-state index contributed by atoms with van der Waals surface area (Å²) in [5, 5.41) is 0. The Labute approximate surface area is 80.3 Å². The molecule has 0 spiro atoms. The van der Waals surface area contributed by atoms with Crippen molar-refractivity contribution in [3.63, 3.8) is 0 Å². The zero-order valence-electron chi connectivity index (χ0n) is 7.95. The van der Waals surface area contributed by atoms with E-state index < -0.39 is 0 Å². The minimum absolute atomic E-state index is 1.06. The van der Waals surface area contributed by atoms with Gasteiger partial charge in [-0.15, -0.1) is 0 Å².